The number of hydrogen-bond donors (Lipinski definition) is 1. The van der Waals surface area contributed by atoms with Crippen molar-refractivity contribution in [1.82, 2.24) is 15.2 Å². The molecule has 3 rings (SSSR count). The van der Waals surface area contributed by atoms with Gasteiger partial charge < -0.3 is 5.32 Å². The quantitative estimate of drug-likeness (QED) is 0.918. The van der Waals surface area contributed by atoms with Crippen LogP contribution in [0.3, 0.4) is 0 Å². The van der Waals surface area contributed by atoms with Gasteiger partial charge in [-0.2, -0.15) is 0 Å². The van der Waals surface area contributed by atoms with Gasteiger partial charge in [0, 0.05) is 36.1 Å². The molecular weight excluding hydrogens is 278 g/mol. The van der Waals surface area contributed by atoms with Crippen LogP contribution in [0.15, 0.2) is 5.38 Å². The molecule has 2 heterocycles. The lowest BCUT2D eigenvalue weighted by Gasteiger charge is -2.53. The highest BCUT2D eigenvalue weighted by Crippen LogP contribution is 2.40. The molecule has 2 aliphatic rings. The van der Waals surface area contributed by atoms with E-state index in [1.165, 1.54) is 55.8 Å². The topological polar surface area (TPSA) is 28.2 Å². The van der Waals surface area contributed by atoms with Gasteiger partial charge in [0.1, 0.15) is 0 Å². The van der Waals surface area contributed by atoms with Crippen molar-refractivity contribution in [2.75, 3.05) is 13.1 Å². The summed E-state index contributed by atoms with van der Waals surface area (Å²) in [4.78, 5) is 7.49. The molecule has 1 aromatic heterocycles. The Morgan fingerprint density at radius 1 is 1.29 bits per heavy atom. The molecule has 1 saturated carbocycles. The Balaban J connectivity index is 1.82. The Morgan fingerprint density at radius 3 is 2.57 bits per heavy atom. The van der Waals surface area contributed by atoms with E-state index in [1.807, 2.05) is 0 Å². The second-order valence-electron chi connectivity index (χ2n) is 6.99. The molecule has 0 bridgehead atoms. The number of hydrogen-bond acceptors (Lipinski definition) is 4. The summed E-state index contributed by atoms with van der Waals surface area (Å²) < 4.78 is 0. The Bertz CT molecular complexity index is 472. The van der Waals surface area contributed by atoms with Crippen molar-refractivity contribution in [2.45, 2.75) is 76.9 Å². The highest BCUT2D eigenvalue weighted by molar-refractivity contribution is 7.09. The Hall–Kier alpha value is -0.450. The van der Waals surface area contributed by atoms with Gasteiger partial charge in [-0.15, -0.1) is 11.3 Å². The number of aryl methyl sites for hydroxylation is 1. The van der Waals surface area contributed by atoms with Crippen LogP contribution in [0.1, 0.15) is 63.1 Å². The SMILES string of the molecule is CCC1(CC)CN(Cc2csc(C)n2)C2(CCCC2)CN1. The van der Waals surface area contributed by atoms with Crippen molar-refractivity contribution < 1.29 is 0 Å². The molecule has 0 radical (unpaired) electrons. The van der Waals surface area contributed by atoms with Crippen LogP contribution in [0.2, 0.25) is 0 Å². The largest absolute Gasteiger partial charge is 0.308 e. The minimum absolute atomic E-state index is 0.304. The van der Waals surface area contributed by atoms with Gasteiger partial charge in [0.05, 0.1) is 10.7 Å². The number of nitrogens with one attached hydrogen (secondary N) is 1. The maximum Gasteiger partial charge on any atom is 0.0897 e. The summed E-state index contributed by atoms with van der Waals surface area (Å²) in [6.07, 6.45) is 7.91. The van der Waals surface area contributed by atoms with Crippen LogP contribution in [-0.4, -0.2) is 34.1 Å². The zero-order valence-corrected chi connectivity index (χ0v) is 14.6. The molecule has 4 heteroatoms. The van der Waals surface area contributed by atoms with E-state index in [0.717, 1.165) is 13.1 Å². The Labute approximate surface area is 133 Å². The van der Waals surface area contributed by atoms with Crippen LogP contribution in [-0.2, 0) is 6.54 Å². The molecule has 1 aliphatic carbocycles. The predicted octanol–water partition coefficient (Wildman–Crippen LogP) is 3.73. The molecule has 1 aliphatic heterocycles. The molecule has 1 aromatic rings. The number of piperazine rings is 1. The van der Waals surface area contributed by atoms with E-state index in [4.69, 9.17) is 4.98 Å². The monoisotopic (exact) mass is 307 g/mol. The first kappa shape index (κ1) is 15.4. The fraction of sp³-hybridized carbons (Fsp3) is 0.824. The van der Waals surface area contributed by atoms with E-state index in [0.29, 0.717) is 11.1 Å². The second-order valence-corrected chi connectivity index (χ2v) is 8.05. The van der Waals surface area contributed by atoms with E-state index < -0.39 is 0 Å². The van der Waals surface area contributed by atoms with Crippen LogP contribution >= 0.6 is 11.3 Å². The second kappa shape index (κ2) is 5.98. The standard InChI is InChI=1S/C17H29N3S/c1-4-16(5-2)13-20(10-15-11-21-14(3)19-15)17(12-18-16)8-6-7-9-17/h11,18H,4-10,12-13H2,1-3H3. The lowest BCUT2D eigenvalue weighted by molar-refractivity contribution is -0.00284. The van der Waals surface area contributed by atoms with E-state index in [9.17, 15) is 0 Å². The van der Waals surface area contributed by atoms with Gasteiger partial charge >= 0.3 is 0 Å². The van der Waals surface area contributed by atoms with E-state index in [-0.39, 0.29) is 0 Å². The minimum Gasteiger partial charge on any atom is -0.308 e. The smallest absolute Gasteiger partial charge is 0.0897 e. The lowest BCUT2D eigenvalue weighted by Crippen LogP contribution is -2.68. The van der Waals surface area contributed by atoms with Gasteiger partial charge in [-0.1, -0.05) is 26.7 Å². The molecule has 21 heavy (non-hydrogen) atoms. The van der Waals surface area contributed by atoms with Crippen molar-refractivity contribution in [3.05, 3.63) is 16.1 Å². The van der Waals surface area contributed by atoms with E-state index in [1.54, 1.807) is 11.3 Å². The van der Waals surface area contributed by atoms with Crippen molar-refractivity contribution in [2.24, 2.45) is 0 Å². The summed E-state index contributed by atoms with van der Waals surface area (Å²) >= 11 is 1.78. The number of rotatable bonds is 4. The van der Waals surface area contributed by atoms with Gasteiger partial charge in [0.15, 0.2) is 0 Å². The van der Waals surface area contributed by atoms with Crippen LogP contribution < -0.4 is 5.32 Å². The maximum atomic E-state index is 4.72. The van der Waals surface area contributed by atoms with Gasteiger partial charge in [-0.05, 0) is 32.6 Å². The summed E-state index contributed by atoms with van der Waals surface area (Å²) in [5.74, 6) is 0. The molecule has 2 fully saturated rings. The molecule has 0 atom stereocenters. The van der Waals surface area contributed by atoms with Gasteiger partial charge in [0.25, 0.3) is 0 Å². The van der Waals surface area contributed by atoms with E-state index in [2.05, 4.69) is 36.4 Å². The lowest BCUT2D eigenvalue weighted by atomic mass is 9.82. The number of thiazole rings is 1. The fourth-order valence-electron chi connectivity index (χ4n) is 4.20. The number of aromatic nitrogens is 1. The third kappa shape index (κ3) is 2.90. The van der Waals surface area contributed by atoms with Crippen molar-refractivity contribution >= 4 is 11.3 Å². The van der Waals surface area contributed by atoms with Crippen LogP contribution in [0.25, 0.3) is 0 Å². The Morgan fingerprint density at radius 2 is 2.00 bits per heavy atom. The predicted molar refractivity (Wildman–Crippen MR) is 89.8 cm³/mol. The molecule has 0 unspecified atom stereocenters. The third-order valence-electron chi connectivity index (χ3n) is 5.86. The van der Waals surface area contributed by atoms with Gasteiger partial charge in [-0.25, -0.2) is 4.98 Å². The van der Waals surface area contributed by atoms with Crippen molar-refractivity contribution in [3.63, 3.8) is 0 Å². The maximum absolute atomic E-state index is 4.72. The minimum atomic E-state index is 0.304. The third-order valence-corrected chi connectivity index (χ3v) is 6.69. The van der Waals surface area contributed by atoms with Crippen molar-refractivity contribution in [3.8, 4) is 0 Å². The first-order valence-electron chi connectivity index (χ1n) is 8.52. The molecule has 1 saturated heterocycles. The normalized spacial score (nSPS) is 24.7. The van der Waals surface area contributed by atoms with E-state index >= 15 is 0 Å². The molecule has 0 aromatic carbocycles. The molecule has 1 spiro atoms. The average Bonchev–Trinajstić information content (AvgIpc) is 3.12. The van der Waals surface area contributed by atoms with Crippen LogP contribution in [0.5, 0.6) is 0 Å². The first-order valence-corrected chi connectivity index (χ1v) is 9.40. The summed E-state index contributed by atoms with van der Waals surface area (Å²) in [6.45, 7) is 10.1. The van der Waals surface area contributed by atoms with Crippen LogP contribution in [0.4, 0.5) is 0 Å². The zero-order valence-electron chi connectivity index (χ0n) is 13.7. The molecule has 3 nitrogen and oxygen atoms in total. The molecule has 1 N–H and O–H groups in total. The van der Waals surface area contributed by atoms with Gasteiger partial charge in [0.2, 0.25) is 0 Å². The summed E-state index contributed by atoms with van der Waals surface area (Å²) in [5.41, 5.74) is 1.97. The van der Waals surface area contributed by atoms with Crippen molar-refractivity contribution in [1.29, 1.82) is 0 Å². The zero-order chi connectivity index (χ0) is 14.9. The fourth-order valence-corrected chi connectivity index (χ4v) is 4.81. The molecule has 118 valence electrons. The highest BCUT2D eigenvalue weighted by atomic mass is 32.1. The summed E-state index contributed by atoms with van der Waals surface area (Å²) in [7, 11) is 0. The first-order chi connectivity index (χ1) is 10.1. The number of nitrogens with zero attached hydrogens (tertiary/aromatic N) is 2. The Kier molecular flexibility index (Phi) is 4.40. The highest BCUT2D eigenvalue weighted by Gasteiger charge is 2.47. The molecule has 0 amide bonds. The average molecular weight is 308 g/mol. The summed E-state index contributed by atoms with van der Waals surface area (Å²) in [6, 6.07) is 0. The summed E-state index contributed by atoms with van der Waals surface area (Å²) in [5, 5.41) is 7.37. The van der Waals surface area contributed by atoms with Crippen LogP contribution in [0, 0.1) is 6.92 Å². The molecular formula is C17H29N3S. The van der Waals surface area contributed by atoms with Gasteiger partial charge in [-0.3, -0.25) is 4.90 Å².